The molecular formula is C28H27Cl2FN2O3. The molecule has 0 atom stereocenters. The molecule has 1 aliphatic heterocycles. The van der Waals surface area contributed by atoms with Gasteiger partial charge in [-0.15, -0.1) is 0 Å². The Hall–Kier alpha value is -2.85. The Kier molecular flexibility index (Phi) is 8.35. The number of likely N-dealkylation sites (tertiary alicyclic amines) is 1. The number of pyridine rings is 1. The topological polar surface area (TPSA) is 62.7 Å². The molecule has 1 aromatic heterocycles. The van der Waals surface area contributed by atoms with Crippen molar-refractivity contribution in [2.24, 2.45) is 5.41 Å². The molecule has 1 N–H and O–H groups in total. The molecule has 0 radical (unpaired) electrons. The molecule has 188 valence electrons. The second-order valence-corrected chi connectivity index (χ2v) is 9.93. The average molecular weight is 529 g/mol. The number of carboxylic acid groups (broad SMARTS) is 1. The van der Waals surface area contributed by atoms with Gasteiger partial charge in [-0.1, -0.05) is 35.0 Å². The van der Waals surface area contributed by atoms with E-state index in [2.05, 4.69) is 21.7 Å². The van der Waals surface area contributed by atoms with Gasteiger partial charge in [0.2, 0.25) is 0 Å². The summed E-state index contributed by atoms with van der Waals surface area (Å²) in [5.41, 5.74) is 1.59. The van der Waals surface area contributed by atoms with Crippen LogP contribution >= 0.6 is 23.2 Å². The second kappa shape index (κ2) is 11.5. The van der Waals surface area contributed by atoms with Crippen molar-refractivity contribution in [1.29, 1.82) is 0 Å². The Morgan fingerprint density at radius 1 is 1.19 bits per heavy atom. The quantitative estimate of drug-likeness (QED) is 0.368. The van der Waals surface area contributed by atoms with Crippen molar-refractivity contribution in [2.75, 3.05) is 26.7 Å². The van der Waals surface area contributed by atoms with Gasteiger partial charge in [-0.25, -0.2) is 4.39 Å². The van der Waals surface area contributed by atoms with Gasteiger partial charge >= 0.3 is 5.97 Å². The van der Waals surface area contributed by atoms with Crippen LogP contribution in [0, 0.1) is 23.1 Å². The van der Waals surface area contributed by atoms with Crippen molar-refractivity contribution >= 4 is 40.1 Å². The predicted molar refractivity (Wildman–Crippen MR) is 140 cm³/mol. The van der Waals surface area contributed by atoms with Crippen molar-refractivity contribution in [2.45, 2.75) is 32.1 Å². The van der Waals surface area contributed by atoms with E-state index in [0.717, 1.165) is 22.2 Å². The zero-order chi connectivity index (χ0) is 25.7. The highest BCUT2D eigenvalue weighted by atomic mass is 35.5. The Bertz CT molecular complexity index is 1330. The number of hydrogen-bond acceptors (Lipinski definition) is 4. The lowest BCUT2D eigenvalue weighted by atomic mass is 9.74. The number of aliphatic carboxylic acids is 1. The van der Waals surface area contributed by atoms with Crippen molar-refractivity contribution < 1.29 is 19.0 Å². The fourth-order valence-electron chi connectivity index (χ4n) is 4.72. The normalized spacial score (nSPS) is 15.3. The molecule has 5 nitrogen and oxygen atoms in total. The van der Waals surface area contributed by atoms with E-state index in [4.69, 9.17) is 27.9 Å². The van der Waals surface area contributed by atoms with Crippen molar-refractivity contribution in [3.8, 4) is 17.6 Å². The van der Waals surface area contributed by atoms with E-state index < -0.39 is 17.2 Å². The van der Waals surface area contributed by atoms with Crippen LogP contribution in [0.4, 0.5) is 4.39 Å². The molecule has 1 aliphatic rings. The monoisotopic (exact) mass is 528 g/mol. The number of aromatic nitrogens is 1. The molecule has 0 amide bonds. The van der Waals surface area contributed by atoms with Gasteiger partial charge in [-0.05, 0) is 74.1 Å². The highest BCUT2D eigenvalue weighted by Crippen LogP contribution is 2.38. The van der Waals surface area contributed by atoms with Crippen LogP contribution in [0.1, 0.15) is 36.8 Å². The molecule has 4 rings (SSSR count). The number of piperidine rings is 1. The highest BCUT2D eigenvalue weighted by Gasteiger charge is 2.40. The molecule has 2 aromatic carbocycles. The van der Waals surface area contributed by atoms with Crippen molar-refractivity contribution in [3.05, 3.63) is 69.6 Å². The van der Waals surface area contributed by atoms with Gasteiger partial charge < -0.3 is 9.84 Å². The largest absolute Gasteiger partial charge is 0.497 e. The number of carboxylic acids is 1. The fourth-order valence-corrected chi connectivity index (χ4v) is 5.09. The van der Waals surface area contributed by atoms with Gasteiger partial charge in [0.05, 0.1) is 34.6 Å². The van der Waals surface area contributed by atoms with Crippen molar-refractivity contribution in [3.63, 3.8) is 0 Å². The summed E-state index contributed by atoms with van der Waals surface area (Å²) in [4.78, 5) is 18.8. The number of hydrogen-bond donors (Lipinski definition) is 1. The van der Waals surface area contributed by atoms with Crippen LogP contribution in [-0.4, -0.2) is 47.7 Å². The molecule has 0 unspecified atom stereocenters. The molecule has 0 aliphatic carbocycles. The van der Waals surface area contributed by atoms with Crippen LogP contribution in [0.2, 0.25) is 10.0 Å². The molecule has 1 saturated heterocycles. The predicted octanol–water partition coefficient (Wildman–Crippen LogP) is 6.23. The maximum atomic E-state index is 13.6. The number of fused-ring (bicyclic) bond motifs is 1. The number of nitrogens with zero attached hydrogens (tertiary/aromatic N) is 2. The molecule has 0 bridgehead atoms. The van der Waals surface area contributed by atoms with E-state index in [1.807, 2.05) is 18.2 Å². The highest BCUT2D eigenvalue weighted by molar-refractivity contribution is 6.32. The van der Waals surface area contributed by atoms with Crippen LogP contribution in [-0.2, 0) is 11.2 Å². The number of rotatable bonds is 7. The summed E-state index contributed by atoms with van der Waals surface area (Å²) < 4.78 is 18.9. The van der Waals surface area contributed by atoms with Gasteiger partial charge in [0, 0.05) is 30.2 Å². The van der Waals surface area contributed by atoms with Gasteiger partial charge in [-0.3, -0.25) is 14.7 Å². The van der Waals surface area contributed by atoms with Crippen LogP contribution in [0.5, 0.6) is 5.75 Å². The Balaban J connectivity index is 1.37. The van der Waals surface area contributed by atoms with Gasteiger partial charge in [0.1, 0.15) is 11.6 Å². The first-order chi connectivity index (χ1) is 17.3. The lowest BCUT2D eigenvalue weighted by Crippen LogP contribution is -2.44. The maximum Gasteiger partial charge on any atom is 0.309 e. The third kappa shape index (κ3) is 5.92. The molecule has 1 fully saturated rings. The van der Waals surface area contributed by atoms with Crippen molar-refractivity contribution in [1.82, 2.24) is 9.88 Å². The van der Waals surface area contributed by atoms with E-state index in [9.17, 15) is 14.3 Å². The van der Waals surface area contributed by atoms with E-state index in [0.29, 0.717) is 62.3 Å². The molecule has 0 spiro atoms. The van der Waals surface area contributed by atoms with Gasteiger partial charge in [-0.2, -0.15) is 0 Å². The van der Waals surface area contributed by atoms with E-state index in [1.54, 1.807) is 19.4 Å². The van der Waals surface area contributed by atoms with Crippen LogP contribution < -0.4 is 4.74 Å². The summed E-state index contributed by atoms with van der Waals surface area (Å²) in [7, 11) is 1.62. The SMILES string of the molecule is COc1ccc2ncc(Cl)c(CCCC3(C(=O)O)CCN(CC#Cc4ccc(Cl)c(F)c4)CC3)c2c1. The number of halogens is 3. The Morgan fingerprint density at radius 3 is 2.67 bits per heavy atom. The van der Waals surface area contributed by atoms with Gasteiger partial charge in [0.15, 0.2) is 0 Å². The number of methoxy groups -OCH3 is 1. The average Bonchev–Trinajstić information content (AvgIpc) is 2.88. The van der Waals surface area contributed by atoms with Crippen LogP contribution in [0.3, 0.4) is 0 Å². The summed E-state index contributed by atoms with van der Waals surface area (Å²) in [5, 5.41) is 11.7. The molecule has 3 aromatic rings. The van der Waals surface area contributed by atoms with Crippen LogP contribution in [0.15, 0.2) is 42.6 Å². The van der Waals surface area contributed by atoms with E-state index >= 15 is 0 Å². The minimum Gasteiger partial charge on any atom is -0.497 e. The summed E-state index contributed by atoms with van der Waals surface area (Å²) >= 11 is 12.2. The summed E-state index contributed by atoms with van der Waals surface area (Å²) in [6.07, 6.45) is 4.68. The molecule has 2 heterocycles. The zero-order valence-electron chi connectivity index (χ0n) is 20.0. The number of ether oxygens (including phenoxy) is 1. The molecular weight excluding hydrogens is 502 g/mol. The number of aryl methyl sites for hydroxylation is 1. The summed E-state index contributed by atoms with van der Waals surface area (Å²) in [6, 6.07) is 10.2. The smallest absolute Gasteiger partial charge is 0.309 e. The number of benzene rings is 2. The first-order valence-corrected chi connectivity index (χ1v) is 12.6. The lowest BCUT2D eigenvalue weighted by Gasteiger charge is -2.38. The molecule has 8 heteroatoms. The second-order valence-electron chi connectivity index (χ2n) is 9.11. The zero-order valence-corrected chi connectivity index (χ0v) is 21.5. The van der Waals surface area contributed by atoms with Gasteiger partial charge in [0.25, 0.3) is 0 Å². The molecule has 36 heavy (non-hydrogen) atoms. The molecule has 0 saturated carbocycles. The van der Waals surface area contributed by atoms with E-state index in [1.165, 1.54) is 12.1 Å². The summed E-state index contributed by atoms with van der Waals surface area (Å²) in [6.45, 7) is 1.79. The Morgan fingerprint density at radius 2 is 1.97 bits per heavy atom. The van der Waals surface area contributed by atoms with E-state index in [-0.39, 0.29) is 5.02 Å². The van der Waals surface area contributed by atoms with Crippen LogP contribution in [0.25, 0.3) is 10.9 Å². The Labute approximate surface area is 220 Å². The first-order valence-electron chi connectivity index (χ1n) is 11.8. The summed E-state index contributed by atoms with van der Waals surface area (Å²) in [5.74, 6) is 5.49. The maximum absolute atomic E-state index is 13.6. The fraction of sp³-hybridized carbons (Fsp3) is 0.357. The first kappa shape index (κ1) is 26.2. The minimum atomic E-state index is -0.768. The third-order valence-electron chi connectivity index (χ3n) is 6.94. The number of carbonyl (C=O) groups is 1. The standard InChI is InChI=1S/C28H27Cl2FN2O3/c1-36-20-7-9-26-22(17-20)21(24(30)18-32-26)5-2-10-28(27(34)35)11-14-33(15-12-28)13-3-4-19-6-8-23(29)25(31)16-19/h6-9,16-18H,2,5,10-15H2,1H3,(H,34,35). The third-order valence-corrected chi connectivity index (χ3v) is 7.57. The lowest BCUT2D eigenvalue weighted by molar-refractivity contribution is -0.152. The minimum absolute atomic E-state index is 0.0701.